The van der Waals surface area contributed by atoms with Gasteiger partial charge in [-0.2, -0.15) is 0 Å². The van der Waals surface area contributed by atoms with E-state index in [2.05, 4.69) is 41.7 Å². The Morgan fingerprint density at radius 3 is 2.60 bits per heavy atom. The summed E-state index contributed by atoms with van der Waals surface area (Å²) >= 11 is 0. The number of rotatable bonds is 9. The fourth-order valence-electron chi connectivity index (χ4n) is 2.21. The third-order valence-corrected chi connectivity index (χ3v) is 3.70. The summed E-state index contributed by atoms with van der Waals surface area (Å²) in [5.74, 6) is 0.133. The summed E-state index contributed by atoms with van der Waals surface area (Å²) in [6.45, 7) is 11.2. The van der Waals surface area contributed by atoms with E-state index in [4.69, 9.17) is 9.52 Å². The maximum absolute atomic E-state index is 12.1. The quantitative estimate of drug-likeness (QED) is 0.541. The zero-order chi connectivity index (χ0) is 19.0. The molecular formula is C17H30N4O4. The van der Waals surface area contributed by atoms with Crippen LogP contribution < -0.4 is 16.0 Å². The second kappa shape index (κ2) is 9.41. The lowest BCUT2D eigenvalue weighted by atomic mass is 9.92. The molecule has 2 unspecified atom stereocenters. The molecule has 0 aromatic carbocycles. The zero-order valence-corrected chi connectivity index (χ0v) is 15.7. The van der Waals surface area contributed by atoms with E-state index in [1.165, 1.54) is 0 Å². The predicted octanol–water partition coefficient (Wildman–Crippen LogP) is 3.14. The average molecular weight is 354 g/mol. The van der Waals surface area contributed by atoms with Gasteiger partial charge in [0.05, 0.1) is 12.2 Å². The van der Waals surface area contributed by atoms with Crippen LogP contribution in [0.25, 0.3) is 0 Å². The molecule has 8 nitrogen and oxygen atoms in total. The molecule has 2 atom stereocenters. The standard InChI is InChI=1S/C17H30N4O4/c1-6-7-12(20-16(23)24)14(22)21-15-19-10-13(25-15)11(2)18-9-8-17(3,4)5/h10-12,18,20H,6-9H2,1-5H3,(H,23,24)(H,19,21,22). The summed E-state index contributed by atoms with van der Waals surface area (Å²) in [5.41, 5.74) is 0.249. The van der Waals surface area contributed by atoms with Crippen LogP contribution >= 0.6 is 0 Å². The van der Waals surface area contributed by atoms with Gasteiger partial charge in [0, 0.05) is 0 Å². The third kappa shape index (κ3) is 8.02. The van der Waals surface area contributed by atoms with Crippen LogP contribution in [0.5, 0.6) is 0 Å². The number of anilines is 1. The molecule has 0 aliphatic rings. The Morgan fingerprint density at radius 2 is 2.04 bits per heavy atom. The Hall–Kier alpha value is -2.09. The number of carbonyl (C=O) groups is 2. The number of oxazole rings is 1. The minimum atomic E-state index is -1.24. The van der Waals surface area contributed by atoms with Crippen molar-refractivity contribution in [2.45, 2.75) is 66.0 Å². The SMILES string of the molecule is CCCC(NC(=O)O)C(=O)Nc1ncc(C(C)NCCC(C)(C)C)o1. The van der Waals surface area contributed by atoms with Gasteiger partial charge >= 0.3 is 12.1 Å². The number of nitrogens with zero attached hydrogens (tertiary/aromatic N) is 1. The molecular weight excluding hydrogens is 324 g/mol. The number of nitrogens with one attached hydrogen (secondary N) is 3. The van der Waals surface area contributed by atoms with Crippen molar-refractivity contribution in [3.05, 3.63) is 12.0 Å². The fourth-order valence-corrected chi connectivity index (χ4v) is 2.21. The number of hydrogen-bond acceptors (Lipinski definition) is 5. The van der Waals surface area contributed by atoms with Gasteiger partial charge in [-0.1, -0.05) is 34.1 Å². The molecule has 1 rings (SSSR count). The van der Waals surface area contributed by atoms with Crippen LogP contribution in [0.2, 0.25) is 0 Å². The molecule has 0 saturated heterocycles. The Bertz CT molecular complexity index is 565. The van der Waals surface area contributed by atoms with E-state index >= 15 is 0 Å². The normalized spacial score (nSPS) is 14.0. The van der Waals surface area contributed by atoms with Crippen molar-refractivity contribution in [3.63, 3.8) is 0 Å². The van der Waals surface area contributed by atoms with Crippen molar-refractivity contribution in [2.24, 2.45) is 5.41 Å². The van der Waals surface area contributed by atoms with E-state index in [0.717, 1.165) is 13.0 Å². The molecule has 25 heavy (non-hydrogen) atoms. The van der Waals surface area contributed by atoms with Gasteiger partial charge in [0.1, 0.15) is 11.8 Å². The summed E-state index contributed by atoms with van der Waals surface area (Å²) in [6, 6.07) is -0.804. The van der Waals surface area contributed by atoms with Crippen molar-refractivity contribution < 1.29 is 19.1 Å². The largest absolute Gasteiger partial charge is 0.465 e. The number of carboxylic acid groups (broad SMARTS) is 1. The minimum absolute atomic E-state index is 0.0379. The van der Waals surface area contributed by atoms with Gasteiger partial charge in [-0.3, -0.25) is 10.1 Å². The Kier molecular flexibility index (Phi) is 7.89. The van der Waals surface area contributed by atoms with Crippen LogP contribution in [0.1, 0.15) is 65.7 Å². The molecule has 142 valence electrons. The molecule has 0 bridgehead atoms. The van der Waals surface area contributed by atoms with Gasteiger partial charge in [0.25, 0.3) is 5.91 Å². The van der Waals surface area contributed by atoms with Gasteiger partial charge in [-0.25, -0.2) is 9.78 Å². The first kappa shape index (κ1) is 21.0. The molecule has 0 aliphatic heterocycles. The maximum Gasteiger partial charge on any atom is 0.405 e. The predicted molar refractivity (Wildman–Crippen MR) is 95.5 cm³/mol. The molecule has 0 spiro atoms. The molecule has 1 heterocycles. The summed E-state index contributed by atoms with van der Waals surface area (Å²) in [5, 5.41) is 16.9. The first-order valence-corrected chi connectivity index (χ1v) is 8.62. The Labute approximate surface area is 148 Å². The number of hydrogen-bond donors (Lipinski definition) is 4. The highest BCUT2D eigenvalue weighted by Crippen LogP contribution is 2.20. The van der Waals surface area contributed by atoms with E-state index < -0.39 is 18.0 Å². The van der Waals surface area contributed by atoms with Crippen LogP contribution in [0, 0.1) is 5.41 Å². The molecule has 4 N–H and O–H groups in total. The lowest BCUT2D eigenvalue weighted by Gasteiger charge is -2.19. The molecule has 1 aromatic rings. The van der Waals surface area contributed by atoms with Crippen molar-refractivity contribution in [1.29, 1.82) is 0 Å². The van der Waals surface area contributed by atoms with E-state index in [-0.39, 0.29) is 17.5 Å². The monoisotopic (exact) mass is 354 g/mol. The first-order valence-electron chi connectivity index (χ1n) is 8.62. The van der Waals surface area contributed by atoms with Gasteiger partial charge in [-0.15, -0.1) is 0 Å². The van der Waals surface area contributed by atoms with E-state index in [1.807, 2.05) is 13.8 Å². The number of amides is 2. The Balaban J connectivity index is 2.58. The summed E-state index contributed by atoms with van der Waals surface area (Å²) in [6.07, 6.45) is 2.41. The van der Waals surface area contributed by atoms with E-state index in [9.17, 15) is 9.59 Å². The highest BCUT2D eigenvalue weighted by atomic mass is 16.4. The third-order valence-electron chi connectivity index (χ3n) is 3.70. The minimum Gasteiger partial charge on any atom is -0.465 e. The molecule has 1 aromatic heterocycles. The first-order chi connectivity index (χ1) is 11.6. The maximum atomic E-state index is 12.1. The van der Waals surface area contributed by atoms with Gasteiger partial charge in [0.2, 0.25) is 0 Å². The summed E-state index contributed by atoms with van der Waals surface area (Å²) in [7, 11) is 0. The zero-order valence-electron chi connectivity index (χ0n) is 15.7. The summed E-state index contributed by atoms with van der Waals surface area (Å²) < 4.78 is 5.55. The van der Waals surface area contributed by atoms with Crippen molar-refractivity contribution in [3.8, 4) is 0 Å². The highest BCUT2D eigenvalue weighted by Gasteiger charge is 2.22. The lowest BCUT2D eigenvalue weighted by molar-refractivity contribution is -0.118. The van der Waals surface area contributed by atoms with Crippen LogP contribution in [0.15, 0.2) is 10.6 Å². The van der Waals surface area contributed by atoms with Crippen LogP contribution in [-0.2, 0) is 4.79 Å². The van der Waals surface area contributed by atoms with Gasteiger partial charge in [0.15, 0.2) is 0 Å². The molecule has 0 saturated carbocycles. The van der Waals surface area contributed by atoms with Crippen molar-refractivity contribution in [1.82, 2.24) is 15.6 Å². The molecule has 0 radical (unpaired) electrons. The number of aromatic nitrogens is 1. The lowest BCUT2D eigenvalue weighted by Crippen LogP contribution is -2.43. The second-order valence-electron chi connectivity index (χ2n) is 7.33. The van der Waals surface area contributed by atoms with Gasteiger partial charge in [-0.05, 0) is 31.7 Å². The fraction of sp³-hybridized carbons (Fsp3) is 0.706. The van der Waals surface area contributed by atoms with E-state index in [1.54, 1.807) is 6.20 Å². The van der Waals surface area contributed by atoms with Crippen LogP contribution in [0.4, 0.5) is 10.8 Å². The Morgan fingerprint density at radius 1 is 1.36 bits per heavy atom. The molecule has 0 fully saturated rings. The molecule has 2 amide bonds. The second-order valence-corrected chi connectivity index (χ2v) is 7.33. The van der Waals surface area contributed by atoms with Crippen molar-refractivity contribution >= 4 is 18.0 Å². The molecule has 8 heteroatoms. The number of carbonyl (C=O) groups excluding carboxylic acids is 1. The van der Waals surface area contributed by atoms with Crippen LogP contribution in [0.3, 0.4) is 0 Å². The average Bonchev–Trinajstić information content (AvgIpc) is 2.93. The van der Waals surface area contributed by atoms with Crippen molar-refractivity contribution in [2.75, 3.05) is 11.9 Å². The van der Waals surface area contributed by atoms with Crippen LogP contribution in [-0.4, -0.2) is 34.7 Å². The highest BCUT2D eigenvalue weighted by molar-refractivity contribution is 5.94. The van der Waals surface area contributed by atoms with Gasteiger partial charge < -0.3 is 20.2 Å². The topological polar surface area (TPSA) is 116 Å². The summed E-state index contributed by atoms with van der Waals surface area (Å²) in [4.78, 5) is 27.0. The molecule has 0 aliphatic carbocycles. The smallest absolute Gasteiger partial charge is 0.405 e. The van der Waals surface area contributed by atoms with E-state index in [0.29, 0.717) is 18.6 Å².